The van der Waals surface area contributed by atoms with Crippen LogP contribution in [-0.2, 0) is 14.3 Å². The number of unbranched alkanes of at least 4 members (excludes halogenated alkanes) is 47. The zero-order valence-corrected chi connectivity index (χ0v) is 49.8. The number of hydrogen-bond acceptors (Lipinski definition) is 5. The number of ether oxygens (including phenoxy) is 1. The summed E-state index contributed by atoms with van der Waals surface area (Å²) >= 11 is 0. The minimum Gasteiger partial charge on any atom is -0.466 e. The molecule has 0 rings (SSSR count). The zero-order chi connectivity index (χ0) is 53.6. The maximum atomic E-state index is 12.5. The van der Waals surface area contributed by atoms with E-state index in [1.807, 2.05) is 6.08 Å². The first-order valence-electron chi connectivity index (χ1n) is 33.3. The van der Waals surface area contributed by atoms with Gasteiger partial charge in [-0.25, -0.2) is 0 Å². The van der Waals surface area contributed by atoms with E-state index in [0.717, 1.165) is 44.9 Å². The summed E-state index contributed by atoms with van der Waals surface area (Å²) in [5.41, 5.74) is 0. The van der Waals surface area contributed by atoms with Gasteiger partial charge in [-0.05, 0) is 83.5 Å². The lowest BCUT2D eigenvalue weighted by molar-refractivity contribution is -0.143. The summed E-state index contributed by atoms with van der Waals surface area (Å²) in [5.74, 6) is -0.0656. The Bertz CT molecular complexity index is 1200. The van der Waals surface area contributed by atoms with Gasteiger partial charge in [0.1, 0.15) is 0 Å². The maximum Gasteiger partial charge on any atom is 0.305 e. The summed E-state index contributed by atoms with van der Waals surface area (Å²) in [6.07, 6.45) is 80.6. The summed E-state index contributed by atoms with van der Waals surface area (Å²) in [6.45, 7) is 4.92. The molecule has 0 saturated heterocycles. The van der Waals surface area contributed by atoms with Crippen LogP contribution in [0.1, 0.15) is 361 Å². The van der Waals surface area contributed by atoms with Crippen LogP contribution >= 0.6 is 0 Å². The first-order chi connectivity index (χ1) is 36.5. The first-order valence-corrected chi connectivity index (χ1v) is 33.3. The summed E-state index contributed by atoms with van der Waals surface area (Å²) in [5, 5.41) is 23.2. The summed E-state index contributed by atoms with van der Waals surface area (Å²) in [4.78, 5) is 24.6. The highest BCUT2D eigenvalue weighted by Gasteiger charge is 2.18. The molecule has 1 amide bonds. The maximum absolute atomic E-state index is 12.5. The monoisotopic (exact) mass is 1040 g/mol. The second-order valence-corrected chi connectivity index (χ2v) is 22.8. The number of carbonyl (C=O) groups is 2. The summed E-state index contributed by atoms with van der Waals surface area (Å²) in [6, 6.07) is -0.632. The Morgan fingerprint density at radius 3 is 0.959 bits per heavy atom. The standard InChI is InChI=1S/C68H129NO5/c1-3-5-7-9-11-13-15-17-19-29-32-36-40-44-48-52-56-60-66(71)65(64-70)69-67(72)61-57-53-49-45-41-37-33-30-27-25-23-21-22-24-26-28-31-35-39-43-47-51-55-59-63-74-68(73)62-58-54-50-46-42-38-34-20-18-16-14-12-10-8-6-4-2/h20,23,25,34,56,60,65-66,70-71H,3-19,21-22,24,26-33,35-55,57-59,61-64H2,1-2H3,(H,69,72)/b25-23-,34-20-,60-56+. The van der Waals surface area contributed by atoms with E-state index < -0.39 is 12.1 Å². The van der Waals surface area contributed by atoms with E-state index in [-0.39, 0.29) is 18.5 Å². The van der Waals surface area contributed by atoms with Crippen LogP contribution in [0.15, 0.2) is 36.5 Å². The van der Waals surface area contributed by atoms with Gasteiger partial charge in [-0.15, -0.1) is 0 Å². The molecule has 0 radical (unpaired) electrons. The molecule has 6 heteroatoms. The highest BCUT2D eigenvalue weighted by molar-refractivity contribution is 5.76. The van der Waals surface area contributed by atoms with Gasteiger partial charge in [-0.1, -0.05) is 301 Å². The molecular formula is C68H129NO5. The average Bonchev–Trinajstić information content (AvgIpc) is 3.40. The molecule has 436 valence electrons. The van der Waals surface area contributed by atoms with Gasteiger partial charge in [0.25, 0.3) is 0 Å². The van der Waals surface area contributed by atoms with Gasteiger partial charge in [0.05, 0.1) is 25.4 Å². The van der Waals surface area contributed by atoms with Gasteiger partial charge in [0, 0.05) is 12.8 Å². The molecule has 0 bridgehead atoms. The van der Waals surface area contributed by atoms with Crippen LogP contribution in [0, 0.1) is 0 Å². The van der Waals surface area contributed by atoms with Gasteiger partial charge in [-0.2, -0.15) is 0 Å². The van der Waals surface area contributed by atoms with Crippen molar-refractivity contribution in [2.24, 2.45) is 0 Å². The third-order valence-electron chi connectivity index (χ3n) is 15.4. The van der Waals surface area contributed by atoms with E-state index in [2.05, 4.69) is 43.5 Å². The number of aliphatic hydroxyl groups excluding tert-OH is 2. The topological polar surface area (TPSA) is 95.9 Å². The van der Waals surface area contributed by atoms with Crippen molar-refractivity contribution in [3.05, 3.63) is 36.5 Å². The lowest BCUT2D eigenvalue weighted by Crippen LogP contribution is -2.45. The van der Waals surface area contributed by atoms with Gasteiger partial charge < -0.3 is 20.3 Å². The number of allylic oxidation sites excluding steroid dienone is 5. The lowest BCUT2D eigenvalue weighted by Gasteiger charge is -2.20. The van der Waals surface area contributed by atoms with E-state index >= 15 is 0 Å². The van der Waals surface area contributed by atoms with Crippen LogP contribution in [0.5, 0.6) is 0 Å². The van der Waals surface area contributed by atoms with Crippen LogP contribution in [0.3, 0.4) is 0 Å². The molecule has 0 aliphatic rings. The van der Waals surface area contributed by atoms with E-state index in [9.17, 15) is 19.8 Å². The van der Waals surface area contributed by atoms with Crippen LogP contribution in [0.25, 0.3) is 0 Å². The van der Waals surface area contributed by atoms with E-state index in [0.29, 0.717) is 19.4 Å². The molecule has 0 spiro atoms. The summed E-state index contributed by atoms with van der Waals surface area (Å²) in [7, 11) is 0. The Morgan fingerprint density at radius 2 is 0.635 bits per heavy atom. The van der Waals surface area contributed by atoms with Crippen LogP contribution in [-0.4, -0.2) is 47.4 Å². The average molecular weight is 1040 g/mol. The third-order valence-corrected chi connectivity index (χ3v) is 15.4. The first kappa shape index (κ1) is 72.1. The molecular weight excluding hydrogens is 911 g/mol. The van der Waals surface area contributed by atoms with Crippen LogP contribution in [0.4, 0.5) is 0 Å². The minimum absolute atomic E-state index is 0.00492. The van der Waals surface area contributed by atoms with Crippen LogP contribution in [0.2, 0.25) is 0 Å². The van der Waals surface area contributed by atoms with Gasteiger partial charge in [0.2, 0.25) is 5.91 Å². The van der Waals surface area contributed by atoms with Gasteiger partial charge in [0.15, 0.2) is 0 Å². The molecule has 0 aliphatic heterocycles. The van der Waals surface area contributed by atoms with E-state index in [1.54, 1.807) is 6.08 Å². The lowest BCUT2D eigenvalue weighted by atomic mass is 10.0. The van der Waals surface area contributed by atoms with E-state index in [1.165, 1.54) is 289 Å². The molecule has 0 aromatic rings. The Hall–Kier alpha value is -1.92. The zero-order valence-electron chi connectivity index (χ0n) is 49.8. The molecule has 6 nitrogen and oxygen atoms in total. The van der Waals surface area contributed by atoms with Crippen LogP contribution < -0.4 is 5.32 Å². The third kappa shape index (κ3) is 59.3. The molecule has 0 aliphatic carbocycles. The van der Waals surface area contributed by atoms with Crippen molar-refractivity contribution in [1.29, 1.82) is 0 Å². The highest BCUT2D eigenvalue weighted by atomic mass is 16.5. The predicted octanol–water partition coefficient (Wildman–Crippen LogP) is 21.1. The largest absolute Gasteiger partial charge is 0.466 e. The number of hydrogen-bond donors (Lipinski definition) is 3. The fourth-order valence-electron chi connectivity index (χ4n) is 10.3. The fourth-order valence-corrected chi connectivity index (χ4v) is 10.3. The Balaban J connectivity index is 3.42. The second kappa shape index (κ2) is 63.6. The number of nitrogens with one attached hydrogen (secondary N) is 1. The smallest absolute Gasteiger partial charge is 0.305 e. The van der Waals surface area contributed by atoms with Crippen molar-refractivity contribution in [2.75, 3.05) is 13.2 Å². The normalized spacial score (nSPS) is 12.8. The number of esters is 1. The molecule has 2 unspecified atom stereocenters. The van der Waals surface area contributed by atoms with Crippen molar-refractivity contribution in [2.45, 2.75) is 373 Å². The molecule has 0 aromatic carbocycles. The molecule has 0 aromatic heterocycles. The quantitative estimate of drug-likeness (QED) is 0.0320. The Labute approximate surface area is 462 Å². The molecule has 0 saturated carbocycles. The fraction of sp³-hybridized carbons (Fsp3) is 0.882. The number of amides is 1. The molecule has 2 atom stereocenters. The number of carbonyl (C=O) groups excluding carboxylic acids is 2. The number of aliphatic hydroxyl groups is 2. The molecule has 0 heterocycles. The van der Waals surface area contributed by atoms with Gasteiger partial charge in [-0.3, -0.25) is 9.59 Å². The SMILES string of the molecule is CCCCCCCCC/C=C\CCCCCCCC(=O)OCCCCCCCCCCCCCC/C=C\CCCCCCCCCCC(=O)NC(CO)C(O)/C=C/CCCCCCCCCCCCCCCCC. The van der Waals surface area contributed by atoms with Gasteiger partial charge >= 0.3 is 5.97 Å². The van der Waals surface area contributed by atoms with Crippen molar-refractivity contribution >= 4 is 11.9 Å². The Morgan fingerprint density at radius 1 is 0.365 bits per heavy atom. The predicted molar refractivity (Wildman–Crippen MR) is 324 cm³/mol. The molecule has 3 N–H and O–H groups in total. The molecule has 74 heavy (non-hydrogen) atoms. The molecule has 0 fully saturated rings. The summed E-state index contributed by atoms with van der Waals surface area (Å²) < 4.78 is 5.49. The number of rotatable bonds is 62. The highest BCUT2D eigenvalue weighted by Crippen LogP contribution is 2.17. The Kier molecular flexibility index (Phi) is 62.0. The van der Waals surface area contributed by atoms with Crippen molar-refractivity contribution in [3.8, 4) is 0 Å². The van der Waals surface area contributed by atoms with E-state index in [4.69, 9.17) is 4.74 Å². The van der Waals surface area contributed by atoms with Crippen molar-refractivity contribution < 1.29 is 24.5 Å². The van der Waals surface area contributed by atoms with Crippen molar-refractivity contribution in [1.82, 2.24) is 5.32 Å². The second-order valence-electron chi connectivity index (χ2n) is 22.8. The minimum atomic E-state index is -0.848. The van der Waals surface area contributed by atoms with Crippen molar-refractivity contribution in [3.63, 3.8) is 0 Å².